The summed E-state index contributed by atoms with van der Waals surface area (Å²) in [6, 6.07) is 9.45. The molecule has 3 fully saturated rings. The number of aliphatic hydroxyl groups is 1. The second-order valence-electron chi connectivity index (χ2n) is 8.66. The van der Waals surface area contributed by atoms with E-state index < -0.39 is 11.6 Å². The monoisotopic (exact) mass is 357 g/mol. The molecule has 0 amide bonds. The summed E-state index contributed by atoms with van der Waals surface area (Å²) in [7, 11) is 2.15. The number of hydrogen-bond donors (Lipinski definition) is 1. The van der Waals surface area contributed by atoms with E-state index in [2.05, 4.69) is 11.9 Å². The summed E-state index contributed by atoms with van der Waals surface area (Å²) in [6.45, 7) is 1.98. The van der Waals surface area contributed by atoms with Crippen LogP contribution in [0, 0.1) is 17.8 Å². The standard InChI is InChI=1S/C22H31NO3/c1-23-14-16-8-7-9-17(15-23)20(16)26-21(24)22(25,19-12-5-6-13-19)18-10-3-2-4-11-18/h2-4,10-11,16-17,19-20,25H,5-9,12-15H2,1H3/t16-,17+,20?,22?. The minimum atomic E-state index is -1.50. The Kier molecular flexibility index (Phi) is 5.07. The number of carbonyl (C=O) groups is 1. The van der Waals surface area contributed by atoms with E-state index in [4.69, 9.17) is 4.74 Å². The number of rotatable bonds is 4. The van der Waals surface area contributed by atoms with E-state index in [1.165, 1.54) is 6.42 Å². The van der Waals surface area contributed by atoms with Crippen LogP contribution < -0.4 is 0 Å². The van der Waals surface area contributed by atoms with E-state index in [1.807, 2.05) is 30.3 Å². The first-order valence-electron chi connectivity index (χ1n) is 10.3. The van der Waals surface area contributed by atoms with Gasteiger partial charge in [-0.2, -0.15) is 0 Å². The largest absolute Gasteiger partial charge is 0.459 e. The van der Waals surface area contributed by atoms with Gasteiger partial charge in [0.1, 0.15) is 6.10 Å². The van der Waals surface area contributed by atoms with Crippen LogP contribution in [0.3, 0.4) is 0 Å². The van der Waals surface area contributed by atoms with E-state index in [1.54, 1.807) is 0 Å². The van der Waals surface area contributed by atoms with E-state index >= 15 is 0 Å². The Morgan fingerprint density at radius 1 is 1.04 bits per heavy atom. The van der Waals surface area contributed by atoms with Crippen molar-refractivity contribution in [2.24, 2.45) is 17.8 Å². The van der Waals surface area contributed by atoms with Gasteiger partial charge in [-0.1, -0.05) is 49.6 Å². The molecule has 1 aromatic carbocycles. The molecule has 2 unspecified atom stereocenters. The predicted octanol–water partition coefficient (Wildman–Crippen LogP) is 3.34. The summed E-state index contributed by atoms with van der Waals surface area (Å²) in [4.78, 5) is 15.7. The van der Waals surface area contributed by atoms with E-state index in [0.717, 1.165) is 51.6 Å². The number of likely N-dealkylation sites (tertiary alicyclic amines) is 1. The number of ether oxygens (including phenoxy) is 1. The van der Waals surface area contributed by atoms with Crippen LogP contribution in [0.1, 0.15) is 50.5 Å². The summed E-state index contributed by atoms with van der Waals surface area (Å²) in [5.74, 6) is 0.352. The van der Waals surface area contributed by atoms with Crippen molar-refractivity contribution in [3.8, 4) is 0 Å². The van der Waals surface area contributed by atoms with Gasteiger partial charge >= 0.3 is 5.97 Å². The fraction of sp³-hybridized carbons (Fsp3) is 0.682. The zero-order valence-corrected chi connectivity index (χ0v) is 15.8. The highest BCUT2D eigenvalue weighted by Crippen LogP contribution is 2.43. The van der Waals surface area contributed by atoms with Gasteiger partial charge in [-0.05, 0) is 38.3 Å². The number of benzene rings is 1. The van der Waals surface area contributed by atoms with Gasteiger partial charge in [-0.25, -0.2) is 4.79 Å². The third-order valence-electron chi connectivity index (χ3n) is 6.89. The van der Waals surface area contributed by atoms with Gasteiger partial charge < -0.3 is 14.7 Å². The molecule has 4 rings (SSSR count). The van der Waals surface area contributed by atoms with Crippen molar-refractivity contribution in [1.29, 1.82) is 0 Å². The number of hydrogen-bond acceptors (Lipinski definition) is 4. The fourth-order valence-corrected chi connectivity index (χ4v) is 5.58. The third-order valence-corrected chi connectivity index (χ3v) is 6.89. The molecule has 142 valence electrons. The molecule has 1 N–H and O–H groups in total. The molecule has 2 bridgehead atoms. The van der Waals surface area contributed by atoms with Gasteiger partial charge in [0.25, 0.3) is 0 Å². The van der Waals surface area contributed by atoms with Crippen molar-refractivity contribution in [3.63, 3.8) is 0 Å². The number of fused-ring (bicyclic) bond motifs is 2. The fourth-order valence-electron chi connectivity index (χ4n) is 5.58. The van der Waals surface area contributed by atoms with Gasteiger partial charge in [0.15, 0.2) is 5.60 Å². The Morgan fingerprint density at radius 3 is 2.27 bits per heavy atom. The van der Waals surface area contributed by atoms with Gasteiger partial charge in [-0.15, -0.1) is 0 Å². The molecule has 1 heterocycles. The molecule has 0 aromatic heterocycles. The molecule has 3 aliphatic rings. The van der Waals surface area contributed by atoms with Crippen molar-refractivity contribution in [2.45, 2.75) is 56.7 Å². The van der Waals surface area contributed by atoms with Crippen LogP contribution in [0.15, 0.2) is 30.3 Å². The third kappa shape index (κ3) is 3.18. The molecular weight excluding hydrogens is 326 g/mol. The molecular formula is C22H31NO3. The maximum absolute atomic E-state index is 13.3. The summed E-state index contributed by atoms with van der Waals surface area (Å²) in [6.07, 6.45) is 7.35. The Bertz CT molecular complexity index is 614. The van der Waals surface area contributed by atoms with Crippen molar-refractivity contribution in [3.05, 3.63) is 35.9 Å². The number of piperidine rings is 1. The maximum Gasteiger partial charge on any atom is 0.343 e. The first-order chi connectivity index (χ1) is 12.6. The Labute approximate surface area is 156 Å². The van der Waals surface area contributed by atoms with Crippen LogP contribution in [-0.4, -0.2) is 42.2 Å². The number of nitrogens with zero attached hydrogens (tertiary/aromatic N) is 1. The predicted molar refractivity (Wildman–Crippen MR) is 101 cm³/mol. The maximum atomic E-state index is 13.3. The second kappa shape index (κ2) is 7.32. The van der Waals surface area contributed by atoms with Crippen molar-refractivity contribution >= 4 is 5.97 Å². The smallest absolute Gasteiger partial charge is 0.343 e. The quantitative estimate of drug-likeness (QED) is 0.840. The summed E-state index contributed by atoms with van der Waals surface area (Å²) in [5, 5.41) is 11.6. The van der Waals surface area contributed by atoms with Crippen molar-refractivity contribution < 1.29 is 14.6 Å². The van der Waals surface area contributed by atoms with Crippen molar-refractivity contribution in [2.75, 3.05) is 20.1 Å². The average molecular weight is 357 g/mol. The molecule has 4 heteroatoms. The van der Waals surface area contributed by atoms with Crippen LogP contribution in [0.5, 0.6) is 0 Å². The second-order valence-corrected chi connectivity index (χ2v) is 8.66. The minimum absolute atomic E-state index is 0.0379. The molecule has 1 aliphatic heterocycles. The van der Waals surface area contributed by atoms with Crippen LogP contribution in [-0.2, 0) is 15.1 Å². The zero-order valence-electron chi connectivity index (χ0n) is 15.8. The lowest BCUT2D eigenvalue weighted by molar-refractivity contribution is -0.191. The number of carbonyl (C=O) groups excluding carboxylic acids is 1. The summed E-state index contributed by atoms with van der Waals surface area (Å²) < 4.78 is 6.12. The molecule has 2 saturated carbocycles. The van der Waals surface area contributed by atoms with Crippen molar-refractivity contribution in [1.82, 2.24) is 4.90 Å². The lowest BCUT2D eigenvalue weighted by atomic mass is 9.75. The van der Waals surface area contributed by atoms with Gasteiger partial charge in [0.05, 0.1) is 0 Å². The molecule has 1 saturated heterocycles. The van der Waals surface area contributed by atoms with Gasteiger partial charge in [0.2, 0.25) is 0 Å². The molecule has 4 nitrogen and oxygen atoms in total. The van der Waals surface area contributed by atoms with Crippen LogP contribution >= 0.6 is 0 Å². The van der Waals surface area contributed by atoms with E-state index in [9.17, 15) is 9.90 Å². The highest BCUT2D eigenvalue weighted by Gasteiger charge is 2.50. The zero-order chi connectivity index (χ0) is 18.1. The normalized spacial score (nSPS) is 32.2. The SMILES string of the molecule is CN1C[C@H]2CCC[C@@H](C1)C2OC(=O)C(O)(c1ccccc1)C1CCCC1. The lowest BCUT2D eigenvalue weighted by Crippen LogP contribution is -2.54. The summed E-state index contributed by atoms with van der Waals surface area (Å²) >= 11 is 0. The topological polar surface area (TPSA) is 49.8 Å². The molecule has 0 radical (unpaired) electrons. The molecule has 4 atom stereocenters. The molecule has 26 heavy (non-hydrogen) atoms. The highest BCUT2D eigenvalue weighted by atomic mass is 16.6. The van der Waals surface area contributed by atoms with E-state index in [0.29, 0.717) is 17.4 Å². The van der Waals surface area contributed by atoms with Crippen LogP contribution in [0.2, 0.25) is 0 Å². The average Bonchev–Trinajstić information content (AvgIpc) is 3.17. The molecule has 0 spiro atoms. The van der Waals surface area contributed by atoms with Gasteiger partial charge in [-0.3, -0.25) is 0 Å². The lowest BCUT2D eigenvalue weighted by Gasteiger charge is -2.46. The van der Waals surface area contributed by atoms with Gasteiger partial charge in [0, 0.05) is 30.8 Å². The van der Waals surface area contributed by atoms with E-state index in [-0.39, 0.29) is 12.0 Å². The van der Waals surface area contributed by atoms with Crippen LogP contribution in [0.4, 0.5) is 0 Å². The first-order valence-corrected chi connectivity index (χ1v) is 10.3. The summed E-state index contributed by atoms with van der Waals surface area (Å²) in [5.41, 5.74) is -0.815. The first kappa shape index (κ1) is 18.0. The molecule has 1 aromatic rings. The van der Waals surface area contributed by atoms with Crippen LogP contribution in [0.25, 0.3) is 0 Å². The molecule has 2 aliphatic carbocycles. The Balaban J connectivity index is 1.59. The Hall–Kier alpha value is -1.39. The minimum Gasteiger partial charge on any atom is -0.459 e. The Morgan fingerprint density at radius 2 is 1.65 bits per heavy atom. The number of esters is 1. The highest BCUT2D eigenvalue weighted by molar-refractivity contribution is 5.82.